The molecule has 0 aliphatic heterocycles. The van der Waals surface area contributed by atoms with E-state index in [1.807, 2.05) is 7.05 Å². The lowest BCUT2D eigenvalue weighted by atomic mass is 10.2. The van der Waals surface area contributed by atoms with E-state index in [9.17, 15) is 0 Å². The number of allylic oxidation sites excluding steroid dienone is 1. The third kappa shape index (κ3) is 7.50. The maximum atomic E-state index is 5.40. The fourth-order valence-corrected chi connectivity index (χ4v) is 0.831. The van der Waals surface area contributed by atoms with Crippen molar-refractivity contribution in [3.8, 4) is 0 Å². The van der Waals surface area contributed by atoms with E-state index >= 15 is 0 Å². The Morgan fingerprint density at radius 2 is 2.10 bits per heavy atom. The van der Waals surface area contributed by atoms with Crippen LogP contribution in [0.1, 0.15) is 25.7 Å². The summed E-state index contributed by atoms with van der Waals surface area (Å²) in [4.78, 5) is 0. The molecule has 2 heteroatoms. The maximum absolute atomic E-state index is 5.40. The van der Waals surface area contributed by atoms with E-state index in [0.717, 1.165) is 18.7 Å². The molecule has 0 fully saturated rings. The van der Waals surface area contributed by atoms with Gasteiger partial charge in [-0.1, -0.05) is 13.0 Å². The second kappa shape index (κ2) is 6.62. The van der Waals surface area contributed by atoms with Crippen molar-refractivity contribution in [2.45, 2.75) is 25.7 Å². The number of unbranched alkanes of at least 4 members (excludes halogenated alkanes) is 2. The summed E-state index contributed by atoms with van der Waals surface area (Å²) in [7, 11) is 1.97. The molecule has 60 valence electrons. The largest absolute Gasteiger partial charge is 0.403 e. The summed E-state index contributed by atoms with van der Waals surface area (Å²) in [5, 5.41) is 3.10. The lowest BCUT2D eigenvalue weighted by Crippen LogP contribution is -2.07. The Morgan fingerprint density at radius 1 is 1.40 bits per heavy atom. The van der Waals surface area contributed by atoms with Crippen molar-refractivity contribution in [2.75, 3.05) is 13.6 Å². The fraction of sp³-hybridized carbons (Fsp3) is 0.750. The van der Waals surface area contributed by atoms with Crippen LogP contribution in [0.15, 0.2) is 12.3 Å². The molecular weight excluding hydrogens is 124 g/mol. The van der Waals surface area contributed by atoms with Crippen molar-refractivity contribution < 1.29 is 0 Å². The zero-order valence-corrected chi connectivity index (χ0v) is 6.82. The van der Waals surface area contributed by atoms with Gasteiger partial charge in [0.2, 0.25) is 0 Å². The van der Waals surface area contributed by atoms with Gasteiger partial charge in [-0.3, -0.25) is 0 Å². The third-order valence-corrected chi connectivity index (χ3v) is 1.42. The van der Waals surface area contributed by atoms with E-state index in [-0.39, 0.29) is 0 Å². The van der Waals surface area contributed by atoms with E-state index in [1.165, 1.54) is 19.3 Å². The molecule has 0 aromatic rings. The van der Waals surface area contributed by atoms with Gasteiger partial charge in [0.15, 0.2) is 0 Å². The van der Waals surface area contributed by atoms with E-state index < -0.39 is 0 Å². The van der Waals surface area contributed by atoms with Crippen LogP contribution >= 0.6 is 0 Å². The molecule has 0 spiro atoms. The summed E-state index contributed by atoms with van der Waals surface area (Å²) < 4.78 is 0. The summed E-state index contributed by atoms with van der Waals surface area (Å²) in [6.45, 7) is 4.74. The SMILES string of the molecule is C=C(N)CCCCCNC. The van der Waals surface area contributed by atoms with Crippen LogP contribution in [0.2, 0.25) is 0 Å². The molecule has 0 atom stereocenters. The highest BCUT2D eigenvalue weighted by molar-refractivity contribution is 4.84. The van der Waals surface area contributed by atoms with Gasteiger partial charge in [0.05, 0.1) is 0 Å². The number of rotatable bonds is 6. The van der Waals surface area contributed by atoms with Gasteiger partial charge in [-0.2, -0.15) is 0 Å². The molecular formula is C8H18N2. The molecule has 0 aliphatic carbocycles. The van der Waals surface area contributed by atoms with Crippen LogP contribution in [0.5, 0.6) is 0 Å². The lowest BCUT2D eigenvalue weighted by Gasteiger charge is -1.99. The van der Waals surface area contributed by atoms with Crippen LogP contribution in [-0.4, -0.2) is 13.6 Å². The van der Waals surface area contributed by atoms with Gasteiger partial charge in [0.25, 0.3) is 0 Å². The second-order valence-electron chi connectivity index (χ2n) is 2.57. The predicted molar refractivity (Wildman–Crippen MR) is 45.7 cm³/mol. The zero-order valence-electron chi connectivity index (χ0n) is 6.82. The summed E-state index contributed by atoms with van der Waals surface area (Å²) >= 11 is 0. The molecule has 10 heavy (non-hydrogen) atoms. The molecule has 2 nitrogen and oxygen atoms in total. The van der Waals surface area contributed by atoms with Crippen LogP contribution in [0.25, 0.3) is 0 Å². The maximum Gasteiger partial charge on any atom is 0.000744 e. The topological polar surface area (TPSA) is 38.0 Å². The molecule has 0 unspecified atom stereocenters. The molecule has 0 saturated carbocycles. The van der Waals surface area contributed by atoms with E-state index in [2.05, 4.69) is 11.9 Å². The highest BCUT2D eigenvalue weighted by atomic mass is 14.8. The number of hydrogen-bond acceptors (Lipinski definition) is 2. The van der Waals surface area contributed by atoms with Crippen LogP contribution < -0.4 is 11.1 Å². The first-order valence-electron chi connectivity index (χ1n) is 3.85. The highest BCUT2D eigenvalue weighted by Gasteiger charge is 1.88. The Hall–Kier alpha value is -0.500. The monoisotopic (exact) mass is 142 g/mol. The number of nitrogens with two attached hydrogens (primary N) is 1. The molecule has 0 saturated heterocycles. The first-order chi connectivity index (χ1) is 4.77. The van der Waals surface area contributed by atoms with Crippen molar-refractivity contribution in [1.29, 1.82) is 0 Å². The molecule has 0 heterocycles. The molecule has 0 aliphatic rings. The van der Waals surface area contributed by atoms with Crippen molar-refractivity contribution in [2.24, 2.45) is 5.73 Å². The van der Waals surface area contributed by atoms with Crippen molar-refractivity contribution >= 4 is 0 Å². The van der Waals surface area contributed by atoms with Crippen LogP contribution in [0.4, 0.5) is 0 Å². The van der Waals surface area contributed by atoms with Gasteiger partial charge in [-0.25, -0.2) is 0 Å². The summed E-state index contributed by atoms with van der Waals surface area (Å²) in [5.74, 6) is 0. The molecule has 0 bridgehead atoms. The van der Waals surface area contributed by atoms with Gasteiger partial charge in [-0.15, -0.1) is 0 Å². The van der Waals surface area contributed by atoms with E-state index in [1.54, 1.807) is 0 Å². The number of nitrogens with one attached hydrogen (secondary N) is 1. The minimum atomic E-state index is 0.810. The first-order valence-corrected chi connectivity index (χ1v) is 3.85. The van der Waals surface area contributed by atoms with Gasteiger partial charge in [-0.05, 0) is 32.9 Å². The Labute approximate surface area is 63.5 Å². The Balaban J connectivity index is 2.84. The van der Waals surface area contributed by atoms with Gasteiger partial charge < -0.3 is 11.1 Å². The third-order valence-electron chi connectivity index (χ3n) is 1.42. The van der Waals surface area contributed by atoms with E-state index in [4.69, 9.17) is 5.73 Å². The van der Waals surface area contributed by atoms with Gasteiger partial charge >= 0.3 is 0 Å². The molecule has 3 N–H and O–H groups in total. The quantitative estimate of drug-likeness (QED) is 0.547. The van der Waals surface area contributed by atoms with E-state index in [0.29, 0.717) is 0 Å². The van der Waals surface area contributed by atoms with Crippen molar-refractivity contribution in [3.05, 3.63) is 12.3 Å². The minimum Gasteiger partial charge on any atom is -0.403 e. The average Bonchev–Trinajstić information content (AvgIpc) is 1.87. The molecule has 0 amide bonds. The molecule has 0 rings (SSSR count). The van der Waals surface area contributed by atoms with Crippen molar-refractivity contribution in [3.63, 3.8) is 0 Å². The van der Waals surface area contributed by atoms with Crippen LogP contribution in [0, 0.1) is 0 Å². The molecule has 0 radical (unpaired) electrons. The number of hydrogen-bond donors (Lipinski definition) is 2. The second-order valence-corrected chi connectivity index (χ2v) is 2.57. The minimum absolute atomic E-state index is 0.810. The summed E-state index contributed by atoms with van der Waals surface area (Å²) in [6, 6.07) is 0. The summed E-state index contributed by atoms with van der Waals surface area (Å²) in [5.41, 5.74) is 6.21. The highest BCUT2D eigenvalue weighted by Crippen LogP contribution is 2.01. The lowest BCUT2D eigenvalue weighted by molar-refractivity contribution is 0.640. The normalized spacial score (nSPS) is 9.70. The standard InChI is InChI=1S/C8H18N2/c1-8(9)6-4-3-5-7-10-2/h10H,1,3-7,9H2,2H3. The Bertz CT molecular complexity index is 89.3. The summed E-state index contributed by atoms with van der Waals surface area (Å²) in [6.07, 6.45) is 4.64. The smallest absolute Gasteiger partial charge is 0.000744 e. The molecule has 0 aromatic heterocycles. The van der Waals surface area contributed by atoms with Crippen LogP contribution in [0.3, 0.4) is 0 Å². The first kappa shape index (κ1) is 9.50. The predicted octanol–water partition coefficient (Wildman–Crippen LogP) is 1.24. The van der Waals surface area contributed by atoms with Crippen LogP contribution in [-0.2, 0) is 0 Å². The van der Waals surface area contributed by atoms with Gasteiger partial charge in [0.1, 0.15) is 0 Å². The molecule has 0 aromatic carbocycles. The van der Waals surface area contributed by atoms with Crippen molar-refractivity contribution in [1.82, 2.24) is 5.32 Å². The fourth-order valence-electron chi connectivity index (χ4n) is 0.831. The average molecular weight is 142 g/mol. The zero-order chi connectivity index (χ0) is 7.82. The Kier molecular flexibility index (Phi) is 6.29. The van der Waals surface area contributed by atoms with Gasteiger partial charge in [0, 0.05) is 5.70 Å². The Morgan fingerprint density at radius 3 is 2.60 bits per heavy atom.